The van der Waals surface area contributed by atoms with E-state index in [1.54, 1.807) is 19.9 Å². The Bertz CT molecular complexity index is 539. The van der Waals surface area contributed by atoms with E-state index in [0.29, 0.717) is 12.1 Å². The van der Waals surface area contributed by atoms with Crippen LogP contribution in [0.1, 0.15) is 25.0 Å². The van der Waals surface area contributed by atoms with Crippen LogP contribution in [0.2, 0.25) is 0 Å². The molecule has 22 heavy (non-hydrogen) atoms. The summed E-state index contributed by atoms with van der Waals surface area (Å²) in [7, 11) is 0. The van der Waals surface area contributed by atoms with Crippen LogP contribution in [0.3, 0.4) is 0 Å². The molecule has 1 unspecified atom stereocenters. The number of amides is 1. The normalized spacial score (nSPS) is 19.2. The van der Waals surface area contributed by atoms with Crippen molar-refractivity contribution in [3.8, 4) is 0 Å². The lowest BCUT2D eigenvalue weighted by atomic mass is 9.83. The number of benzene rings is 1. The third-order valence-corrected chi connectivity index (χ3v) is 3.63. The second kappa shape index (κ2) is 6.23. The average molecular weight is 316 g/mol. The quantitative estimate of drug-likeness (QED) is 0.671. The monoisotopic (exact) mass is 316 g/mol. The molecule has 5 nitrogen and oxygen atoms in total. The number of alkyl halides is 3. The number of carbonyl (C=O) groups excluding carboxylic acids is 1. The molecule has 0 radical (unpaired) electrons. The van der Waals surface area contributed by atoms with Crippen molar-refractivity contribution in [3.05, 3.63) is 35.4 Å². The maximum atomic E-state index is 12.8. The van der Waals surface area contributed by atoms with Crippen LogP contribution in [0.25, 0.3) is 0 Å². The van der Waals surface area contributed by atoms with Gasteiger partial charge < -0.3 is 5.32 Å². The van der Waals surface area contributed by atoms with Crippen molar-refractivity contribution >= 4 is 5.91 Å². The molecule has 1 atom stereocenters. The minimum Gasteiger partial charge on any atom is -0.354 e. The number of nitrogens with one attached hydrogen (secondary N) is 4. The fourth-order valence-corrected chi connectivity index (χ4v) is 2.15. The lowest BCUT2D eigenvalue weighted by Gasteiger charge is -2.27. The van der Waals surface area contributed by atoms with Crippen LogP contribution in [0, 0.1) is 0 Å². The van der Waals surface area contributed by atoms with Crippen LogP contribution in [0.4, 0.5) is 13.2 Å². The summed E-state index contributed by atoms with van der Waals surface area (Å²) in [5.74, 6) is -0.211. The minimum absolute atomic E-state index is 0.211. The zero-order valence-electron chi connectivity index (χ0n) is 12.3. The number of carbonyl (C=O) groups is 1. The molecule has 1 saturated heterocycles. The molecule has 1 fully saturated rings. The van der Waals surface area contributed by atoms with Gasteiger partial charge in [0.05, 0.1) is 5.56 Å². The molecule has 0 aromatic heterocycles. The van der Waals surface area contributed by atoms with Crippen molar-refractivity contribution in [2.24, 2.45) is 0 Å². The third kappa shape index (κ3) is 3.96. The highest BCUT2D eigenvalue weighted by molar-refractivity contribution is 5.82. The van der Waals surface area contributed by atoms with E-state index >= 15 is 0 Å². The summed E-state index contributed by atoms with van der Waals surface area (Å²) in [5, 5.41) is 2.76. The highest BCUT2D eigenvalue weighted by Gasteiger charge is 2.32. The Balaban J connectivity index is 2.04. The third-order valence-electron chi connectivity index (χ3n) is 3.63. The molecule has 0 aliphatic carbocycles. The minimum atomic E-state index is -4.37. The first kappa shape index (κ1) is 16.7. The molecule has 1 heterocycles. The van der Waals surface area contributed by atoms with Gasteiger partial charge in [0, 0.05) is 18.5 Å². The van der Waals surface area contributed by atoms with Gasteiger partial charge in [0.15, 0.2) is 0 Å². The van der Waals surface area contributed by atoms with Gasteiger partial charge in [-0.1, -0.05) is 32.0 Å². The highest BCUT2D eigenvalue weighted by Crippen LogP contribution is 2.32. The molecule has 2 rings (SSSR count). The second-order valence-corrected chi connectivity index (χ2v) is 5.88. The number of hydrogen-bond acceptors (Lipinski definition) is 4. The smallest absolute Gasteiger partial charge is 0.354 e. The van der Waals surface area contributed by atoms with E-state index < -0.39 is 23.2 Å². The van der Waals surface area contributed by atoms with Crippen LogP contribution in [0.15, 0.2) is 24.3 Å². The van der Waals surface area contributed by atoms with Gasteiger partial charge >= 0.3 is 6.18 Å². The summed E-state index contributed by atoms with van der Waals surface area (Å²) >= 11 is 0. The van der Waals surface area contributed by atoms with E-state index in [4.69, 9.17) is 0 Å². The predicted molar refractivity (Wildman–Crippen MR) is 75.5 cm³/mol. The van der Waals surface area contributed by atoms with E-state index in [0.717, 1.165) is 12.1 Å². The standard InChI is InChI=1S/C14H19F3N4O/c1-13(2,8-18-12(22)11-7-19-21-20-11)9-4-3-5-10(6-9)14(15,16)17/h3-6,11,19-21H,7-8H2,1-2H3,(H,18,22). The summed E-state index contributed by atoms with van der Waals surface area (Å²) < 4.78 is 38.3. The Morgan fingerprint density at radius 1 is 1.32 bits per heavy atom. The summed E-state index contributed by atoms with van der Waals surface area (Å²) in [6.07, 6.45) is -4.37. The van der Waals surface area contributed by atoms with E-state index in [-0.39, 0.29) is 12.5 Å². The van der Waals surface area contributed by atoms with Gasteiger partial charge in [0.25, 0.3) is 0 Å². The molecule has 4 N–H and O–H groups in total. The van der Waals surface area contributed by atoms with Crippen molar-refractivity contribution in [1.29, 1.82) is 0 Å². The van der Waals surface area contributed by atoms with Crippen molar-refractivity contribution in [2.75, 3.05) is 13.1 Å². The molecule has 1 aliphatic rings. The zero-order valence-corrected chi connectivity index (χ0v) is 12.3. The van der Waals surface area contributed by atoms with Gasteiger partial charge in [0.1, 0.15) is 6.04 Å². The molecule has 0 saturated carbocycles. The van der Waals surface area contributed by atoms with Gasteiger partial charge in [-0.3, -0.25) is 4.79 Å². The first-order valence-corrected chi connectivity index (χ1v) is 6.89. The Morgan fingerprint density at radius 2 is 2.00 bits per heavy atom. The molecule has 122 valence electrons. The molecule has 1 amide bonds. The molecule has 8 heteroatoms. The van der Waals surface area contributed by atoms with E-state index in [1.807, 2.05) is 0 Å². The van der Waals surface area contributed by atoms with Crippen LogP contribution in [0.5, 0.6) is 0 Å². The number of hydrazine groups is 2. The largest absolute Gasteiger partial charge is 0.416 e. The fraction of sp³-hybridized carbons (Fsp3) is 0.500. The lowest BCUT2D eigenvalue weighted by molar-refractivity contribution is -0.137. The Morgan fingerprint density at radius 3 is 2.59 bits per heavy atom. The lowest BCUT2D eigenvalue weighted by Crippen LogP contribution is -2.47. The molecule has 1 aromatic carbocycles. The van der Waals surface area contributed by atoms with E-state index in [2.05, 4.69) is 21.7 Å². The zero-order chi connectivity index (χ0) is 16.4. The second-order valence-electron chi connectivity index (χ2n) is 5.88. The van der Waals surface area contributed by atoms with E-state index in [1.165, 1.54) is 6.07 Å². The SMILES string of the molecule is CC(C)(CNC(=O)C1CNNN1)c1cccc(C(F)(F)F)c1. The number of halogens is 3. The summed E-state index contributed by atoms with van der Waals surface area (Å²) in [6.45, 7) is 4.27. The molecular formula is C14H19F3N4O. The average Bonchev–Trinajstić information content (AvgIpc) is 2.98. The first-order valence-electron chi connectivity index (χ1n) is 6.89. The fourth-order valence-electron chi connectivity index (χ4n) is 2.15. The summed E-state index contributed by atoms with van der Waals surface area (Å²) in [5.41, 5.74) is 7.35. The molecule has 0 bridgehead atoms. The first-order chi connectivity index (χ1) is 10.2. The Hall–Kier alpha value is -1.64. The highest BCUT2D eigenvalue weighted by atomic mass is 19.4. The number of rotatable bonds is 4. The van der Waals surface area contributed by atoms with Crippen molar-refractivity contribution in [2.45, 2.75) is 31.5 Å². The topological polar surface area (TPSA) is 65.2 Å². The Labute approximate surface area is 126 Å². The maximum Gasteiger partial charge on any atom is 0.416 e. The number of hydrogen-bond donors (Lipinski definition) is 4. The molecule has 1 aliphatic heterocycles. The van der Waals surface area contributed by atoms with Crippen LogP contribution in [-0.2, 0) is 16.4 Å². The van der Waals surface area contributed by atoms with Gasteiger partial charge in [-0.15, -0.1) is 0 Å². The Kier molecular flexibility index (Phi) is 4.74. The maximum absolute atomic E-state index is 12.8. The van der Waals surface area contributed by atoms with Crippen molar-refractivity contribution < 1.29 is 18.0 Å². The van der Waals surface area contributed by atoms with Gasteiger partial charge in [-0.05, 0) is 11.6 Å². The molecular weight excluding hydrogens is 297 g/mol. The van der Waals surface area contributed by atoms with Crippen LogP contribution < -0.4 is 21.7 Å². The van der Waals surface area contributed by atoms with Gasteiger partial charge in [-0.25, -0.2) is 10.9 Å². The summed E-state index contributed by atoms with van der Waals surface area (Å²) in [4.78, 5) is 11.9. The predicted octanol–water partition coefficient (Wildman–Crippen LogP) is 1.08. The van der Waals surface area contributed by atoms with Crippen LogP contribution in [-0.4, -0.2) is 25.0 Å². The summed E-state index contributed by atoms with van der Waals surface area (Å²) in [6, 6.07) is 4.78. The van der Waals surface area contributed by atoms with Crippen molar-refractivity contribution in [1.82, 2.24) is 21.7 Å². The van der Waals surface area contributed by atoms with Gasteiger partial charge in [0.2, 0.25) is 5.91 Å². The molecule has 1 aromatic rings. The molecule has 0 spiro atoms. The van der Waals surface area contributed by atoms with Gasteiger partial charge in [-0.2, -0.15) is 18.7 Å². The van der Waals surface area contributed by atoms with Crippen LogP contribution >= 0.6 is 0 Å². The van der Waals surface area contributed by atoms with Crippen molar-refractivity contribution in [3.63, 3.8) is 0 Å². The van der Waals surface area contributed by atoms with E-state index in [9.17, 15) is 18.0 Å².